The van der Waals surface area contributed by atoms with Gasteiger partial charge in [-0.25, -0.2) is 0 Å². The molecule has 1 heterocycles. The van der Waals surface area contributed by atoms with Crippen molar-refractivity contribution in [3.05, 3.63) is 0 Å². The predicted molar refractivity (Wildman–Crippen MR) is 57.8 cm³/mol. The molecule has 0 aliphatic carbocycles. The van der Waals surface area contributed by atoms with Crippen molar-refractivity contribution in [3.63, 3.8) is 0 Å². The van der Waals surface area contributed by atoms with Crippen LogP contribution in [0.25, 0.3) is 0 Å². The summed E-state index contributed by atoms with van der Waals surface area (Å²) in [6.45, 7) is 4.13. The summed E-state index contributed by atoms with van der Waals surface area (Å²) in [4.78, 5) is 10.6. The van der Waals surface area contributed by atoms with Crippen molar-refractivity contribution in [2.75, 3.05) is 13.2 Å². The third kappa shape index (κ3) is 3.84. The van der Waals surface area contributed by atoms with Gasteiger partial charge in [0.25, 0.3) is 0 Å². The lowest BCUT2D eigenvalue weighted by Crippen LogP contribution is -2.38. The van der Waals surface area contributed by atoms with Crippen LogP contribution in [0.5, 0.6) is 0 Å². The highest BCUT2D eigenvalue weighted by Crippen LogP contribution is 2.31. The van der Waals surface area contributed by atoms with Crippen LogP contribution in [0.4, 0.5) is 13.2 Å². The normalized spacial score (nSPS) is 23.1. The molecule has 0 aromatic rings. The standard InChI is InChI=1S/C11H18F3NO3/c1-3-10(4-2)17-7-8(18-10)5-6-15-9(16)11(12,13)14/h8H,3-7H2,1-2H3,(H,15,16)/t8-/m0/s1. The Kier molecular flexibility index (Phi) is 4.98. The number of rotatable bonds is 5. The SMILES string of the molecule is CCC1(CC)OC[C@H](CCNC(=O)C(F)(F)F)O1. The van der Waals surface area contributed by atoms with Crippen LogP contribution in [-0.4, -0.2) is 37.1 Å². The summed E-state index contributed by atoms with van der Waals surface area (Å²) in [6, 6.07) is 0. The van der Waals surface area contributed by atoms with Crippen molar-refractivity contribution in [2.24, 2.45) is 0 Å². The predicted octanol–water partition coefficient (Wildman–Crippen LogP) is 1.99. The molecule has 106 valence electrons. The maximum Gasteiger partial charge on any atom is 0.471 e. The quantitative estimate of drug-likeness (QED) is 0.830. The largest absolute Gasteiger partial charge is 0.471 e. The minimum Gasteiger partial charge on any atom is -0.348 e. The van der Waals surface area contributed by atoms with Crippen molar-refractivity contribution in [3.8, 4) is 0 Å². The molecule has 0 spiro atoms. The Balaban J connectivity index is 2.28. The first-order chi connectivity index (χ1) is 8.33. The molecule has 0 unspecified atom stereocenters. The molecule has 18 heavy (non-hydrogen) atoms. The number of nitrogens with one attached hydrogen (secondary N) is 1. The molecular weight excluding hydrogens is 251 g/mol. The first-order valence-corrected chi connectivity index (χ1v) is 6.00. The summed E-state index contributed by atoms with van der Waals surface area (Å²) in [5, 5.41) is 1.81. The van der Waals surface area contributed by atoms with Gasteiger partial charge in [0.05, 0.1) is 12.7 Å². The Hall–Kier alpha value is -0.820. The molecule has 0 aromatic carbocycles. The van der Waals surface area contributed by atoms with E-state index in [0.29, 0.717) is 25.9 Å². The molecule has 1 saturated heterocycles. The van der Waals surface area contributed by atoms with E-state index in [1.165, 1.54) is 0 Å². The lowest BCUT2D eigenvalue weighted by molar-refractivity contribution is -0.175. The van der Waals surface area contributed by atoms with Gasteiger partial charge >= 0.3 is 12.1 Å². The second-order valence-corrected chi connectivity index (χ2v) is 4.21. The average Bonchev–Trinajstić information content (AvgIpc) is 2.72. The molecule has 1 aliphatic heterocycles. The van der Waals surface area contributed by atoms with Crippen LogP contribution >= 0.6 is 0 Å². The smallest absolute Gasteiger partial charge is 0.348 e. The van der Waals surface area contributed by atoms with Crippen molar-refractivity contribution >= 4 is 5.91 Å². The zero-order valence-corrected chi connectivity index (χ0v) is 10.5. The molecule has 0 saturated carbocycles. The Bertz CT molecular complexity index is 290. The van der Waals surface area contributed by atoms with Gasteiger partial charge in [-0.15, -0.1) is 0 Å². The number of hydrogen-bond acceptors (Lipinski definition) is 3. The fraction of sp³-hybridized carbons (Fsp3) is 0.909. The summed E-state index contributed by atoms with van der Waals surface area (Å²) in [5.74, 6) is -2.53. The first kappa shape index (κ1) is 15.2. The second-order valence-electron chi connectivity index (χ2n) is 4.21. The van der Waals surface area contributed by atoms with E-state index in [0.717, 1.165) is 0 Å². The summed E-state index contributed by atoms with van der Waals surface area (Å²) in [6.07, 6.45) is -3.41. The summed E-state index contributed by atoms with van der Waals surface area (Å²) >= 11 is 0. The van der Waals surface area contributed by atoms with Gasteiger partial charge in [0.2, 0.25) is 0 Å². The van der Waals surface area contributed by atoms with Gasteiger partial charge in [0.15, 0.2) is 5.79 Å². The van der Waals surface area contributed by atoms with Crippen molar-refractivity contribution < 1.29 is 27.4 Å². The van der Waals surface area contributed by atoms with Gasteiger partial charge in [-0.2, -0.15) is 13.2 Å². The summed E-state index contributed by atoms with van der Waals surface area (Å²) in [7, 11) is 0. The Labute approximate surface area is 104 Å². The maximum atomic E-state index is 11.9. The molecule has 0 bridgehead atoms. The molecule has 7 heteroatoms. The Morgan fingerprint density at radius 2 is 2.00 bits per heavy atom. The van der Waals surface area contributed by atoms with E-state index in [-0.39, 0.29) is 12.6 Å². The molecule has 0 aromatic heterocycles. The van der Waals surface area contributed by atoms with Crippen molar-refractivity contribution in [1.29, 1.82) is 0 Å². The number of amides is 1. The lowest BCUT2D eigenvalue weighted by atomic mass is 10.1. The van der Waals surface area contributed by atoms with E-state index < -0.39 is 17.9 Å². The van der Waals surface area contributed by atoms with Crippen molar-refractivity contribution in [1.82, 2.24) is 5.32 Å². The monoisotopic (exact) mass is 269 g/mol. The van der Waals surface area contributed by atoms with Crippen LogP contribution in [0.1, 0.15) is 33.1 Å². The summed E-state index contributed by atoms with van der Waals surface area (Å²) < 4.78 is 46.9. The van der Waals surface area contributed by atoms with Crippen LogP contribution in [0.2, 0.25) is 0 Å². The molecule has 4 nitrogen and oxygen atoms in total. The number of alkyl halides is 3. The van der Waals surface area contributed by atoms with Gasteiger partial charge in [0.1, 0.15) is 0 Å². The van der Waals surface area contributed by atoms with Gasteiger partial charge < -0.3 is 14.8 Å². The van der Waals surface area contributed by atoms with Gasteiger partial charge in [0, 0.05) is 6.54 Å². The number of carbonyl (C=O) groups excluding carboxylic acids is 1. The molecule has 1 aliphatic rings. The fourth-order valence-corrected chi connectivity index (χ4v) is 1.83. The molecule has 0 radical (unpaired) electrons. The minimum absolute atomic E-state index is 0.0735. The molecular formula is C11H18F3NO3. The van der Waals surface area contributed by atoms with E-state index >= 15 is 0 Å². The van der Waals surface area contributed by atoms with E-state index in [4.69, 9.17) is 9.47 Å². The van der Waals surface area contributed by atoms with Crippen molar-refractivity contribution in [2.45, 2.75) is 51.2 Å². The van der Waals surface area contributed by atoms with Gasteiger partial charge in [-0.1, -0.05) is 13.8 Å². The van der Waals surface area contributed by atoms with E-state index in [2.05, 4.69) is 0 Å². The number of halogens is 3. The average molecular weight is 269 g/mol. The van der Waals surface area contributed by atoms with Crippen LogP contribution < -0.4 is 5.32 Å². The van der Waals surface area contributed by atoms with Crippen LogP contribution in [0.15, 0.2) is 0 Å². The molecule has 1 amide bonds. The molecule has 1 rings (SSSR count). The molecule has 1 atom stereocenters. The molecule has 1 N–H and O–H groups in total. The minimum atomic E-state index is -4.83. The van der Waals surface area contributed by atoms with Crippen LogP contribution in [-0.2, 0) is 14.3 Å². The highest BCUT2D eigenvalue weighted by molar-refractivity contribution is 5.81. The van der Waals surface area contributed by atoms with Crippen LogP contribution in [0.3, 0.4) is 0 Å². The highest BCUT2D eigenvalue weighted by Gasteiger charge is 2.40. The lowest BCUT2D eigenvalue weighted by Gasteiger charge is -2.25. The van der Waals surface area contributed by atoms with Gasteiger partial charge in [-0.3, -0.25) is 4.79 Å². The Morgan fingerprint density at radius 1 is 1.39 bits per heavy atom. The number of hydrogen-bond donors (Lipinski definition) is 1. The Morgan fingerprint density at radius 3 is 2.44 bits per heavy atom. The van der Waals surface area contributed by atoms with Crippen LogP contribution in [0, 0.1) is 0 Å². The third-order valence-corrected chi connectivity index (χ3v) is 3.00. The zero-order chi connectivity index (χ0) is 13.8. The summed E-state index contributed by atoms with van der Waals surface area (Å²) in [5.41, 5.74) is 0. The number of ether oxygens (including phenoxy) is 2. The third-order valence-electron chi connectivity index (χ3n) is 3.00. The van der Waals surface area contributed by atoms with E-state index in [1.807, 2.05) is 19.2 Å². The number of carbonyl (C=O) groups is 1. The van der Waals surface area contributed by atoms with E-state index in [9.17, 15) is 18.0 Å². The van der Waals surface area contributed by atoms with E-state index in [1.54, 1.807) is 0 Å². The first-order valence-electron chi connectivity index (χ1n) is 6.00. The fourth-order valence-electron chi connectivity index (χ4n) is 1.83. The zero-order valence-electron chi connectivity index (χ0n) is 10.5. The topological polar surface area (TPSA) is 47.6 Å². The second kappa shape index (κ2) is 5.88. The maximum absolute atomic E-state index is 11.9. The molecule has 1 fully saturated rings. The van der Waals surface area contributed by atoms with Gasteiger partial charge in [-0.05, 0) is 19.3 Å². The highest BCUT2D eigenvalue weighted by atomic mass is 19.4.